The van der Waals surface area contributed by atoms with Gasteiger partial charge in [-0.25, -0.2) is 0 Å². The molecule has 0 saturated heterocycles. The van der Waals surface area contributed by atoms with E-state index in [0.29, 0.717) is 6.04 Å². The van der Waals surface area contributed by atoms with Crippen LogP contribution in [0.4, 0.5) is 13.2 Å². The van der Waals surface area contributed by atoms with Crippen LogP contribution in [0.15, 0.2) is 24.3 Å². The lowest BCUT2D eigenvalue weighted by molar-refractivity contribution is -0.137. The lowest BCUT2D eigenvalue weighted by Gasteiger charge is -2.26. The molecule has 0 spiro atoms. The Morgan fingerprint density at radius 3 is 2.74 bits per heavy atom. The van der Waals surface area contributed by atoms with Crippen LogP contribution in [0, 0.1) is 0 Å². The summed E-state index contributed by atoms with van der Waals surface area (Å²) < 4.78 is 38.3. The molecule has 1 nitrogen and oxygen atoms in total. The third kappa shape index (κ3) is 3.11. The van der Waals surface area contributed by atoms with Gasteiger partial charge in [-0.15, -0.1) is 0 Å². The third-order valence-electron chi connectivity index (χ3n) is 4.12. The normalized spacial score (nSPS) is 27.7. The number of rotatable bonds is 3. The first kappa shape index (κ1) is 14.4. The molecule has 2 unspecified atom stereocenters. The van der Waals surface area contributed by atoms with Crippen molar-refractivity contribution in [3.8, 4) is 0 Å². The summed E-state index contributed by atoms with van der Waals surface area (Å²) in [5.74, 6) is 0. The monoisotopic (exact) mass is 271 g/mol. The Balaban J connectivity index is 2.22. The van der Waals surface area contributed by atoms with Crippen molar-refractivity contribution >= 4 is 0 Å². The highest BCUT2D eigenvalue weighted by atomic mass is 19.4. The Morgan fingerprint density at radius 1 is 1.37 bits per heavy atom. The standard InChI is InChI=1S/C15H20F3N/c1-3-19-13-7-8-14(2,10-13)11-5-4-6-12(9-11)15(16,17)18/h4-6,9,13,19H,3,7-8,10H2,1-2H3. The lowest BCUT2D eigenvalue weighted by atomic mass is 9.80. The average Bonchev–Trinajstić information content (AvgIpc) is 2.72. The van der Waals surface area contributed by atoms with Crippen molar-refractivity contribution in [2.45, 2.75) is 50.7 Å². The molecular weight excluding hydrogens is 251 g/mol. The number of alkyl halides is 3. The summed E-state index contributed by atoms with van der Waals surface area (Å²) in [5, 5.41) is 3.39. The van der Waals surface area contributed by atoms with Crippen LogP contribution in [0.2, 0.25) is 0 Å². The zero-order valence-corrected chi connectivity index (χ0v) is 11.3. The lowest BCUT2D eigenvalue weighted by Crippen LogP contribution is -2.28. The van der Waals surface area contributed by atoms with Gasteiger partial charge in [-0.1, -0.05) is 32.0 Å². The number of benzene rings is 1. The van der Waals surface area contributed by atoms with E-state index < -0.39 is 11.7 Å². The van der Waals surface area contributed by atoms with Crippen LogP contribution in [0.3, 0.4) is 0 Å². The Hall–Kier alpha value is -1.03. The summed E-state index contributed by atoms with van der Waals surface area (Å²) >= 11 is 0. The summed E-state index contributed by atoms with van der Waals surface area (Å²) in [7, 11) is 0. The van der Waals surface area contributed by atoms with Gasteiger partial charge in [-0.05, 0) is 42.9 Å². The minimum absolute atomic E-state index is 0.145. The highest BCUT2D eigenvalue weighted by Crippen LogP contribution is 2.42. The summed E-state index contributed by atoms with van der Waals surface area (Å²) in [4.78, 5) is 0. The van der Waals surface area contributed by atoms with E-state index in [4.69, 9.17) is 0 Å². The fourth-order valence-electron chi connectivity index (χ4n) is 3.04. The zero-order valence-electron chi connectivity index (χ0n) is 11.3. The van der Waals surface area contributed by atoms with Gasteiger partial charge >= 0.3 is 6.18 Å². The maximum atomic E-state index is 12.8. The third-order valence-corrected chi connectivity index (χ3v) is 4.12. The first-order chi connectivity index (χ1) is 8.85. The van der Waals surface area contributed by atoms with E-state index >= 15 is 0 Å². The fourth-order valence-corrected chi connectivity index (χ4v) is 3.04. The summed E-state index contributed by atoms with van der Waals surface area (Å²) in [6.45, 7) is 5.03. The van der Waals surface area contributed by atoms with E-state index in [1.54, 1.807) is 0 Å². The summed E-state index contributed by atoms with van der Waals surface area (Å²) in [5.41, 5.74) is 0.120. The number of nitrogens with one attached hydrogen (secondary N) is 1. The Bertz CT molecular complexity index is 441. The minimum Gasteiger partial charge on any atom is -0.314 e. The Morgan fingerprint density at radius 2 is 2.11 bits per heavy atom. The Labute approximate surface area is 112 Å². The van der Waals surface area contributed by atoms with Crippen molar-refractivity contribution in [2.75, 3.05) is 6.54 Å². The molecule has 0 aliphatic heterocycles. The molecule has 1 aliphatic rings. The molecule has 4 heteroatoms. The molecule has 1 aromatic carbocycles. The van der Waals surface area contributed by atoms with Gasteiger partial charge in [0.05, 0.1) is 5.56 Å². The number of halogens is 3. The topological polar surface area (TPSA) is 12.0 Å². The van der Waals surface area contributed by atoms with Crippen LogP contribution >= 0.6 is 0 Å². The van der Waals surface area contributed by atoms with E-state index in [1.807, 2.05) is 6.07 Å². The highest BCUT2D eigenvalue weighted by Gasteiger charge is 2.38. The molecule has 0 bridgehead atoms. The van der Waals surface area contributed by atoms with E-state index in [1.165, 1.54) is 12.1 Å². The average molecular weight is 271 g/mol. The highest BCUT2D eigenvalue weighted by molar-refractivity contribution is 5.32. The second-order valence-electron chi connectivity index (χ2n) is 5.64. The van der Waals surface area contributed by atoms with Gasteiger partial charge in [-0.3, -0.25) is 0 Å². The molecule has 2 atom stereocenters. The second kappa shape index (κ2) is 5.16. The van der Waals surface area contributed by atoms with Crippen LogP contribution in [-0.2, 0) is 11.6 Å². The quantitative estimate of drug-likeness (QED) is 0.871. The van der Waals surface area contributed by atoms with Gasteiger partial charge in [0.1, 0.15) is 0 Å². The minimum atomic E-state index is -4.26. The fraction of sp³-hybridized carbons (Fsp3) is 0.600. The van der Waals surface area contributed by atoms with Gasteiger partial charge in [0.25, 0.3) is 0 Å². The predicted molar refractivity (Wildman–Crippen MR) is 70.1 cm³/mol. The van der Waals surface area contributed by atoms with Gasteiger partial charge < -0.3 is 5.32 Å². The molecule has 1 saturated carbocycles. The molecule has 1 N–H and O–H groups in total. The van der Waals surface area contributed by atoms with Crippen molar-refractivity contribution in [1.29, 1.82) is 0 Å². The van der Waals surface area contributed by atoms with Gasteiger partial charge in [0, 0.05) is 6.04 Å². The molecule has 0 aromatic heterocycles. The van der Waals surface area contributed by atoms with Crippen molar-refractivity contribution in [1.82, 2.24) is 5.32 Å². The number of hydrogen-bond acceptors (Lipinski definition) is 1. The van der Waals surface area contributed by atoms with Gasteiger partial charge in [0.2, 0.25) is 0 Å². The smallest absolute Gasteiger partial charge is 0.314 e. The molecule has 1 fully saturated rings. The first-order valence-corrected chi connectivity index (χ1v) is 6.76. The van der Waals surface area contributed by atoms with Gasteiger partial charge in [-0.2, -0.15) is 13.2 Å². The Kier molecular flexibility index (Phi) is 3.90. The molecule has 106 valence electrons. The van der Waals surface area contributed by atoms with E-state index in [9.17, 15) is 13.2 Å². The molecule has 2 rings (SSSR count). The second-order valence-corrected chi connectivity index (χ2v) is 5.64. The number of hydrogen-bond donors (Lipinski definition) is 1. The molecular formula is C15H20F3N. The van der Waals surface area contributed by atoms with Crippen LogP contribution in [-0.4, -0.2) is 12.6 Å². The summed E-state index contributed by atoms with van der Waals surface area (Å²) in [6, 6.07) is 6.22. The maximum absolute atomic E-state index is 12.8. The molecule has 1 aromatic rings. The van der Waals surface area contributed by atoms with Gasteiger partial charge in [0.15, 0.2) is 0 Å². The zero-order chi connectivity index (χ0) is 14.1. The first-order valence-electron chi connectivity index (χ1n) is 6.76. The van der Waals surface area contributed by atoms with Crippen molar-refractivity contribution in [3.63, 3.8) is 0 Å². The van der Waals surface area contributed by atoms with Crippen molar-refractivity contribution < 1.29 is 13.2 Å². The molecule has 1 aliphatic carbocycles. The molecule has 0 heterocycles. The van der Waals surface area contributed by atoms with Crippen LogP contribution in [0.25, 0.3) is 0 Å². The van der Waals surface area contributed by atoms with Crippen molar-refractivity contribution in [2.24, 2.45) is 0 Å². The molecule has 0 radical (unpaired) electrons. The van der Waals surface area contributed by atoms with E-state index in [2.05, 4.69) is 19.2 Å². The largest absolute Gasteiger partial charge is 0.416 e. The summed E-state index contributed by atoms with van der Waals surface area (Å²) in [6.07, 6.45) is -1.39. The van der Waals surface area contributed by atoms with Crippen LogP contribution in [0.5, 0.6) is 0 Å². The maximum Gasteiger partial charge on any atom is 0.416 e. The van der Waals surface area contributed by atoms with E-state index in [-0.39, 0.29) is 5.41 Å². The van der Waals surface area contributed by atoms with Crippen LogP contribution < -0.4 is 5.32 Å². The van der Waals surface area contributed by atoms with E-state index in [0.717, 1.165) is 37.4 Å². The van der Waals surface area contributed by atoms with Crippen molar-refractivity contribution in [3.05, 3.63) is 35.4 Å². The molecule has 0 amide bonds. The molecule has 19 heavy (non-hydrogen) atoms. The SMILES string of the molecule is CCNC1CCC(C)(c2cccc(C(F)(F)F)c2)C1. The predicted octanol–water partition coefficient (Wildman–Crippen LogP) is 4.13. The van der Waals surface area contributed by atoms with Crippen LogP contribution in [0.1, 0.15) is 44.2 Å².